The van der Waals surface area contributed by atoms with Crippen LogP contribution in [-0.2, 0) is 11.3 Å². The van der Waals surface area contributed by atoms with Gasteiger partial charge < -0.3 is 5.32 Å². The Balaban J connectivity index is 1.58. The van der Waals surface area contributed by atoms with E-state index in [-0.39, 0.29) is 11.5 Å². The van der Waals surface area contributed by atoms with E-state index in [4.69, 9.17) is 0 Å². The molecule has 0 saturated heterocycles. The second-order valence-electron chi connectivity index (χ2n) is 5.68. The Morgan fingerprint density at radius 1 is 1.12 bits per heavy atom. The Morgan fingerprint density at radius 2 is 1.92 bits per heavy atom. The SMILES string of the molecule is O=C(CCCn1nc(-c2cccnc2)ccc1=O)Nc1ccc(Br)cc1. The van der Waals surface area contributed by atoms with Gasteiger partial charge in [0.1, 0.15) is 0 Å². The van der Waals surface area contributed by atoms with Gasteiger partial charge in [-0.2, -0.15) is 5.10 Å². The first-order valence-corrected chi connectivity index (χ1v) is 8.95. The number of carbonyl (C=O) groups is 1. The summed E-state index contributed by atoms with van der Waals surface area (Å²) in [6, 6.07) is 14.2. The maximum Gasteiger partial charge on any atom is 0.266 e. The molecule has 0 unspecified atom stereocenters. The number of nitrogens with zero attached hydrogens (tertiary/aromatic N) is 3. The topological polar surface area (TPSA) is 76.9 Å². The summed E-state index contributed by atoms with van der Waals surface area (Å²) in [5, 5.41) is 7.19. The van der Waals surface area contributed by atoms with Crippen molar-refractivity contribution in [3.05, 3.63) is 75.8 Å². The number of hydrogen-bond donors (Lipinski definition) is 1. The van der Waals surface area contributed by atoms with Gasteiger partial charge in [0.15, 0.2) is 0 Å². The summed E-state index contributed by atoms with van der Waals surface area (Å²) in [6.45, 7) is 0.376. The fraction of sp³-hybridized carbons (Fsp3) is 0.158. The predicted octanol–water partition coefficient (Wildman–Crippen LogP) is 3.49. The van der Waals surface area contributed by atoms with Gasteiger partial charge in [-0.25, -0.2) is 4.68 Å². The van der Waals surface area contributed by atoms with Gasteiger partial charge in [-0.05, 0) is 48.9 Å². The summed E-state index contributed by atoms with van der Waals surface area (Å²) in [4.78, 5) is 28.1. The largest absolute Gasteiger partial charge is 0.326 e. The molecular formula is C19H17BrN4O2. The van der Waals surface area contributed by atoms with E-state index in [1.165, 1.54) is 10.7 Å². The van der Waals surface area contributed by atoms with Gasteiger partial charge in [-0.3, -0.25) is 14.6 Å². The molecule has 7 heteroatoms. The first-order valence-electron chi connectivity index (χ1n) is 8.16. The first kappa shape index (κ1) is 18.0. The molecule has 0 atom stereocenters. The average molecular weight is 413 g/mol. The fourth-order valence-electron chi connectivity index (χ4n) is 2.42. The molecule has 3 aromatic rings. The Kier molecular flexibility index (Phi) is 5.91. The highest BCUT2D eigenvalue weighted by Crippen LogP contribution is 2.15. The second kappa shape index (κ2) is 8.53. The number of aryl methyl sites for hydroxylation is 1. The molecule has 1 amide bonds. The molecule has 0 aliphatic carbocycles. The third kappa shape index (κ3) is 4.86. The Morgan fingerprint density at radius 3 is 2.65 bits per heavy atom. The van der Waals surface area contributed by atoms with Crippen molar-refractivity contribution in [2.45, 2.75) is 19.4 Å². The number of nitrogens with one attached hydrogen (secondary N) is 1. The molecule has 0 spiro atoms. The second-order valence-corrected chi connectivity index (χ2v) is 6.60. The van der Waals surface area contributed by atoms with E-state index in [1.807, 2.05) is 36.4 Å². The van der Waals surface area contributed by atoms with Gasteiger partial charge in [-0.1, -0.05) is 15.9 Å². The van der Waals surface area contributed by atoms with Crippen LogP contribution in [0.3, 0.4) is 0 Å². The summed E-state index contributed by atoms with van der Waals surface area (Å²) in [7, 11) is 0. The number of aromatic nitrogens is 3. The zero-order valence-electron chi connectivity index (χ0n) is 13.9. The number of carbonyl (C=O) groups excluding carboxylic acids is 1. The highest BCUT2D eigenvalue weighted by Gasteiger charge is 2.06. The normalized spacial score (nSPS) is 10.5. The molecule has 0 aliphatic heterocycles. The molecule has 2 aromatic heterocycles. The number of hydrogen-bond acceptors (Lipinski definition) is 4. The van der Waals surface area contributed by atoms with Crippen molar-refractivity contribution in [1.29, 1.82) is 0 Å². The summed E-state index contributed by atoms with van der Waals surface area (Å²) >= 11 is 3.35. The first-order chi connectivity index (χ1) is 12.6. The Bertz CT molecular complexity index is 940. The molecular weight excluding hydrogens is 396 g/mol. The lowest BCUT2D eigenvalue weighted by molar-refractivity contribution is -0.116. The molecule has 6 nitrogen and oxygen atoms in total. The van der Waals surface area contributed by atoms with Crippen LogP contribution in [0.15, 0.2) is 70.2 Å². The molecule has 132 valence electrons. The van der Waals surface area contributed by atoms with E-state index < -0.39 is 0 Å². The third-order valence-corrected chi connectivity index (χ3v) is 4.25. The predicted molar refractivity (Wildman–Crippen MR) is 104 cm³/mol. The lowest BCUT2D eigenvalue weighted by Gasteiger charge is -2.08. The molecule has 0 aliphatic rings. The Hall–Kier alpha value is -2.80. The number of benzene rings is 1. The van der Waals surface area contributed by atoms with Gasteiger partial charge >= 0.3 is 0 Å². The number of rotatable bonds is 6. The van der Waals surface area contributed by atoms with Crippen molar-refractivity contribution in [2.75, 3.05) is 5.32 Å². The lowest BCUT2D eigenvalue weighted by Crippen LogP contribution is -2.23. The van der Waals surface area contributed by atoms with Crippen LogP contribution in [0, 0.1) is 0 Å². The third-order valence-electron chi connectivity index (χ3n) is 3.73. The van der Waals surface area contributed by atoms with Crippen LogP contribution in [0.2, 0.25) is 0 Å². The molecule has 2 heterocycles. The maximum atomic E-state index is 12.0. The van der Waals surface area contributed by atoms with E-state index >= 15 is 0 Å². The van der Waals surface area contributed by atoms with Gasteiger partial charge in [0.25, 0.3) is 5.56 Å². The van der Waals surface area contributed by atoms with Crippen molar-refractivity contribution >= 4 is 27.5 Å². The van der Waals surface area contributed by atoms with Crippen LogP contribution in [0.5, 0.6) is 0 Å². The highest BCUT2D eigenvalue weighted by atomic mass is 79.9. The molecule has 26 heavy (non-hydrogen) atoms. The van der Waals surface area contributed by atoms with E-state index in [0.717, 1.165) is 15.7 Å². The zero-order chi connectivity index (χ0) is 18.4. The summed E-state index contributed by atoms with van der Waals surface area (Å²) in [5.74, 6) is -0.0937. The van der Waals surface area contributed by atoms with Crippen LogP contribution in [-0.4, -0.2) is 20.7 Å². The lowest BCUT2D eigenvalue weighted by atomic mass is 10.2. The van der Waals surface area contributed by atoms with Crippen LogP contribution in [0.25, 0.3) is 11.3 Å². The number of halogens is 1. The minimum Gasteiger partial charge on any atom is -0.326 e. The number of amides is 1. The van der Waals surface area contributed by atoms with Crippen LogP contribution in [0.1, 0.15) is 12.8 Å². The van der Waals surface area contributed by atoms with Crippen molar-refractivity contribution in [2.24, 2.45) is 0 Å². The van der Waals surface area contributed by atoms with Crippen molar-refractivity contribution in [1.82, 2.24) is 14.8 Å². The zero-order valence-corrected chi connectivity index (χ0v) is 15.5. The number of anilines is 1. The Labute approximate surface area is 159 Å². The van der Waals surface area contributed by atoms with Crippen LogP contribution in [0.4, 0.5) is 5.69 Å². The van der Waals surface area contributed by atoms with Crippen molar-refractivity contribution in [3.63, 3.8) is 0 Å². The average Bonchev–Trinajstić information content (AvgIpc) is 2.66. The fourth-order valence-corrected chi connectivity index (χ4v) is 2.69. The molecule has 3 rings (SSSR count). The molecule has 0 saturated carbocycles. The molecule has 0 bridgehead atoms. The van der Waals surface area contributed by atoms with Crippen molar-refractivity contribution in [3.8, 4) is 11.3 Å². The minimum absolute atomic E-state index is 0.0937. The van der Waals surface area contributed by atoms with E-state index in [2.05, 4.69) is 31.3 Å². The van der Waals surface area contributed by atoms with Gasteiger partial charge in [0, 0.05) is 47.1 Å². The molecule has 0 radical (unpaired) electrons. The standard InChI is InChI=1S/C19H17BrN4O2/c20-15-5-7-16(8-6-15)22-18(25)4-2-12-24-19(26)10-9-17(23-24)14-3-1-11-21-13-14/h1,3,5-11,13H,2,4,12H2,(H,22,25). The monoisotopic (exact) mass is 412 g/mol. The van der Waals surface area contributed by atoms with Gasteiger partial charge in [0.2, 0.25) is 5.91 Å². The molecule has 1 aromatic carbocycles. The number of pyridine rings is 1. The molecule has 1 N–H and O–H groups in total. The highest BCUT2D eigenvalue weighted by molar-refractivity contribution is 9.10. The van der Waals surface area contributed by atoms with Crippen LogP contribution >= 0.6 is 15.9 Å². The molecule has 0 fully saturated rings. The van der Waals surface area contributed by atoms with Gasteiger partial charge in [0.05, 0.1) is 5.69 Å². The van der Waals surface area contributed by atoms with Gasteiger partial charge in [-0.15, -0.1) is 0 Å². The van der Waals surface area contributed by atoms with E-state index in [0.29, 0.717) is 25.1 Å². The summed E-state index contributed by atoms with van der Waals surface area (Å²) in [6.07, 6.45) is 4.21. The van der Waals surface area contributed by atoms with Crippen LogP contribution < -0.4 is 10.9 Å². The van der Waals surface area contributed by atoms with E-state index in [1.54, 1.807) is 18.5 Å². The summed E-state index contributed by atoms with van der Waals surface area (Å²) in [5.41, 5.74) is 2.07. The smallest absolute Gasteiger partial charge is 0.266 e. The maximum absolute atomic E-state index is 12.0. The van der Waals surface area contributed by atoms with Crippen molar-refractivity contribution < 1.29 is 4.79 Å². The van der Waals surface area contributed by atoms with E-state index in [9.17, 15) is 9.59 Å². The minimum atomic E-state index is -0.189. The summed E-state index contributed by atoms with van der Waals surface area (Å²) < 4.78 is 2.34. The quantitative estimate of drug-likeness (QED) is 0.671.